The Morgan fingerprint density at radius 3 is 2.26 bits per heavy atom. The molecule has 0 spiro atoms. The number of hydrogen-bond donors (Lipinski definition) is 0. The number of aryl methyl sites for hydroxylation is 2. The second kappa shape index (κ2) is 14.9. The highest BCUT2D eigenvalue weighted by molar-refractivity contribution is 7.86. The van der Waals surface area contributed by atoms with E-state index in [1.165, 1.54) is 5.39 Å². The van der Waals surface area contributed by atoms with Crippen molar-refractivity contribution in [2.45, 2.75) is 62.6 Å². The number of aromatic nitrogens is 4. The van der Waals surface area contributed by atoms with Gasteiger partial charge < -0.3 is 18.8 Å². The van der Waals surface area contributed by atoms with Gasteiger partial charge in [0.25, 0.3) is 10.1 Å². The summed E-state index contributed by atoms with van der Waals surface area (Å²) in [4.78, 5) is 13.6. The minimum absolute atomic E-state index is 0.0155. The zero-order valence-electron chi connectivity index (χ0n) is 28.2. The van der Waals surface area contributed by atoms with Crippen molar-refractivity contribution in [3.8, 4) is 28.8 Å². The fourth-order valence-corrected chi connectivity index (χ4v) is 7.07. The van der Waals surface area contributed by atoms with Crippen LogP contribution in [0.2, 0.25) is 0 Å². The molecule has 11 heteroatoms. The fraction of sp³-hybridized carbons (Fsp3) is 0.308. The van der Waals surface area contributed by atoms with Gasteiger partial charge in [0, 0.05) is 78.5 Å². The number of ether oxygens (including phenoxy) is 3. The highest BCUT2D eigenvalue weighted by atomic mass is 32.2. The van der Waals surface area contributed by atoms with Crippen LogP contribution in [0.25, 0.3) is 32.9 Å². The van der Waals surface area contributed by atoms with Crippen molar-refractivity contribution in [1.82, 2.24) is 19.5 Å². The number of nitrogens with zero attached hydrogens (tertiary/aromatic N) is 4. The maximum Gasteiger partial charge on any atom is 0.296 e. The number of fused-ring (bicyclic) bond motifs is 3. The number of unbranched alkanes of at least 4 members (excludes halogenated alkanes) is 3. The van der Waals surface area contributed by atoms with Crippen LogP contribution in [0.1, 0.15) is 44.1 Å². The lowest BCUT2D eigenvalue weighted by molar-refractivity contribution is -0.000241. The third-order valence-corrected chi connectivity index (χ3v) is 10.4. The third-order valence-electron chi connectivity index (χ3n) is 9.04. The van der Waals surface area contributed by atoms with E-state index in [9.17, 15) is 8.42 Å². The lowest BCUT2D eigenvalue weighted by atomic mass is 9.92. The molecule has 0 amide bonds. The molecular formula is C39H40N4O6S. The summed E-state index contributed by atoms with van der Waals surface area (Å²) in [6, 6.07) is 24.7. The highest BCUT2D eigenvalue weighted by Crippen LogP contribution is 2.33. The van der Waals surface area contributed by atoms with Crippen LogP contribution >= 0.6 is 0 Å². The Morgan fingerprint density at radius 1 is 0.740 bits per heavy atom. The second-order valence-corrected chi connectivity index (χ2v) is 14.3. The average molecular weight is 693 g/mol. The maximum atomic E-state index is 12.3. The first kappa shape index (κ1) is 33.5. The molecule has 0 atom stereocenters. The summed E-state index contributed by atoms with van der Waals surface area (Å²) >= 11 is 0. The van der Waals surface area contributed by atoms with Crippen LogP contribution in [0.3, 0.4) is 0 Å². The summed E-state index contributed by atoms with van der Waals surface area (Å²) in [5.41, 5.74) is 5.44. The molecule has 1 saturated carbocycles. The number of rotatable bonds is 15. The van der Waals surface area contributed by atoms with Crippen LogP contribution in [0.15, 0.2) is 102 Å². The third kappa shape index (κ3) is 7.74. The van der Waals surface area contributed by atoms with E-state index in [4.69, 9.17) is 18.4 Å². The molecule has 10 nitrogen and oxygen atoms in total. The van der Waals surface area contributed by atoms with Crippen LogP contribution in [0.4, 0.5) is 0 Å². The summed E-state index contributed by atoms with van der Waals surface area (Å²) in [5.74, 6) is 1.64. The Labute approximate surface area is 292 Å². The Morgan fingerprint density at radius 2 is 1.48 bits per heavy atom. The molecule has 7 rings (SSSR count). The molecule has 6 aromatic rings. The molecule has 0 unspecified atom stereocenters. The van der Waals surface area contributed by atoms with Crippen molar-refractivity contribution in [3.63, 3.8) is 0 Å². The summed E-state index contributed by atoms with van der Waals surface area (Å²) < 4.78 is 50.0. The van der Waals surface area contributed by atoms with E-state index in [0.717, 1.165) is 65.2 Å². The molecule has 50 heavy (non-hydrogen) atoms. The molecule has 0 bridgehead atoms. The molecular weight excluding hydrogens is 653 g/mol. The van der Waals surface area contributed by atoms with Gasteiger partial charge in [0.2, 0.25) is 17.6 Å². The van der Waals surface area contributed by atoms with Gasteiger partial charge in [-0.05, 0) is 62.1 Å². The quantitative estimate of drug-likeness (QED) is 0.0785. The predicted octanol–water partition coefficient (Wildman–Crippen LogP) is 7.83. The van der Waals surface area contributed by atoms with Crippen molar-refractivity contribution < 1.29 is 26.8 Å². The number of hydrogen-bond acceptors (Lipinski definition) is 9. The lowest BCUT2D eigenvalue weighted by Gasteiger charge is -2.34. The average Bonchev–Trinajstić information content (AvgIpc) is 3.40. The number of benzene rings is 2. The monoisotopic (exact) mass is 692 g/mol. The summed E-state index contributed by atoms with van der Waals surface area (Å²) in [5, 5.41) is 2.34. The van der Waals surface area contributed by atoms with E-state index in [1.54, 1.807) is 24.3 Å². The first-order valence-electron chi connectivity index (χ1n) is 17.0. The normalized spacial score (nSPS) is 16.0. The molecule has 4 aromatic heterocycles. The molecule has 1 fully saturated rings. The van der Waals surface area contributed by atoms with E-state index in [2.05, 4.69) is 44.8 Å². The Kier molecular flexibility index (Phi) is 9.95. The topological polar surface area (TPSA) is 115 Å². The van der Waals surface area contributed by atoms with Crippen molar-refractivity contribution in [2.75, 3.05) is 13.2 Å². The molecule has 0 N–H and O–H groups in total. The highest BCUT2D eigenvalue weighted by Gasteiger charge is 2.33. The van der Waals surface area contributed by atoms with E-state index in [1.807, 2.05) is 61.9 Å². The largest absolute Gasteiger partial charge is 0.478 e. The molecule has 2 aromatic carbocycles. The first-order chi connectivity index (χ1) is 24.3. The van der Waals surface area contributed by atoms with Gasteiger partial charge in [-0.25, -0.2) is 4.98 Å². The van der Waals surface area contributed by atoms with Gasteiger partial charge >= 0.3 is 0 Å². The summed E-state index contributed by atoms with van der Waals surface area (Å²) in [7, 11) is -1.64. The van der Waals surface area contributed by atoms with Crippen molar-refractivity contribution in [3.05, 3.63) is 103 Å². The van der Waals surface area contributed by atoms with Gasteiger partial charge in [0.1, 0.15) is 12.2 Å². The minimum Gasteiger partial charge on any atom is -0.478 e. The van der Waals surface area contributed by atoms with Crippen LogP contribution in [0, 0.1) is 6.92 Å². The van der Waals surface area contributed by atoms with Crippen LogP contribution in [0.5, 0.6) is 17.6 Å². The Hall–Kier alpha value is -5.00. The van der Waals surface area contributed by atoms with Gasteiger partial charge in [0.15, 0.2) is 0 Å². The van der Waals surface area contributed by atoms with Crippen molar-refractivity contribution in [2.24, 2.45) is 7.05 Å². The van der Waals surface area contributed by atoms with Crippen LogP contribution in [-0.2, 0) is 21.3 Å². The SMILES string of the molecule is Cc1ccc(S(=O)(=O)OCCCCCCOc2cccc(OC3CC(Oc4ccc(-c5ccc6c7cnccc7n(C)c6c5)cn4)C3)n2)cc1. The van der Waals surface area contributed by atoms with Gasteiger partial charge in [-0.3, -0.25) is 9.17 Å². The van der Waals surface area contributed by atoms with E-state index >= 15 is 0 Å². The van der Waals surface area contributed by atoms with Gasteiger partial charge in [-0.1, -0.05) is 42.3 Å². The standard InChI is InChI=1S/C39H40N4O6S/c1-27-10-14-32(15-11-27)50(44,45)47-21-6-4-3-5-20-46-38-8-7-9-39(42-38)49-31-23-30(24-31)48-37-17-13-29(25-41-37)28-12-16-33-34-26-40-19-18-35(34)43(2)36(33)22-28/h7-19,22,25-26,30-31H,3-6,20-21,23-24H2,1-2H3. The molecule has 258 valence electrons. The number of pyridine rings is 3. The summed E-state index contributed by atoms with van der Waals surface area (Å²) in [6.45, 7) is 2.59. The van der Waals surface area contributed by atoms with E-state index in [0.29, 0.717) is 30.7 Å². The van der Waals surface area contributed by atoms with Crippen molar-refractivity contribution >= 4 is 31.9 Å². The smallest absolute Gasteiger partial charge is 0.296 e. The molecule has 0 radical (unpaired) electrons. The second-order valence-electron chi connectivity index (χ2n) is 12.7. The molecule has 0 aliphatic heterocycles. The lowest BCUT2D eigenvalue weighted by Crippen LogP contribution is -2.41. The van der Waals surface area contributed by atoms with Crippen molar-refractivity contribution in [1.29, 1.82) is 0 Å². The fourth-order valence-electron chi connectivity index (χ4n) is 6.12. The van der Waals surface area contributed by atoms with Gasteiger partial charge in [-0.15, -0.1) is 0 Å². The van der Waals surface area contributed by atoms with Crippen LogP contribution < -0.4 is 14.2 Å². The summed E-state index contributed by atoms with van der Waals surface area (Å²) in [6.07, 6.45) is 10.4. The Bertz CT molecular complexity index is 2180. The maximum absolute atomic E-state index is 12.3. The van der Waals surface area contributed by atoms with Gasteiger partial charge in [0.05, 0.1) is 23.6 Å². The minimum atomic E-state index is -3.72. The molecule has 0 saturated heterocycles. The van der Waals surface area contributed by atoms with Crippen LogP contribution in [-0.4, -0.2) is 53.4 Å². The molecule has 1 aliphatic rings. The van der Waals surface area contributed by atoms with Gasteiger partial charge in [-0.2, -0.15) is 13.4 Å². The molecule has 4 heterocycles. The van der Waals surface area contributed by atoms with E-state index in [-0.39, 0.29) is 23.7 Å². The molecule has 1 aliphatic carbocycles. The zero-order chi connectivity index (χ0) is 34.5. The predicted molar refractivity (Wildman–Crippen MR) is 192 cm³/mol. The zero-order valence-corrected chi connectivity index (χ0v) is 29.0. The Balaban J connectivity index is 0.804. The first-order valence-corrected chi connectivity index (χ1v) is 18.4. The van der Waals surface area contributed by atoms with E-state index < -0.39 is 10.1 Å².